The van der Waals surface area contributed by atoms with Crippen LogP contribution in [0.2, 0.25) is 5.02 Å². The molecule has 5 heteroatoms. The summed E-state index contributed by atoms with van der Waals surface area (Å²) in [7, 11) is 1.35. The fraction of sp³-hybridized carbons (Fsp3) is 0.0909. The Morgan fingerprint density at radius 3 is 2.67 bits per heavy atom. The van der Waals surface area contributed by atoms with Gasteiger partial charge in [-0.3, -0.25) is 0 Å². The van der Waals surface area contributed by atoms with Crippen molar-refractivity contribution >= 4 is 28.5 Å². The first-order valence-corrected chi connectivity index (χ1v) is 8.93. The molecule has 0 aliphatic heterocycles. The predicted molar refractivity (Wildman–Crippen MR) is 107 cm³/mol. The Morgan fingerprint density at radius 2 is 1.89 bits per heavy atom. The summed E-state index contributed by atoms with van der Waals surface area (Å²) in [6.45, 7) is 0. The summed E-state index contributed by atoms with van der Waals surface area (Å²) in [5, 5.41) is 1.77. The molecule has 0 saturated carbocycles. The molecule has 4 nitrogen and oxygen atoms in total. The molecule has 0 atom stereocenters. The molecule has 0 amide bonds. The zero-order valence-corrected chi connectivity index (χ0v) is 15.5. The smallest absolute Gasteiger partial charge is 0.356 e. The number of pyridine rings is 1. The summed E-state index contributed by atoms with van der Waals surface area (Å²) < 4.78 is 4.78. The normalized spacial score (nSPS) is 10.9. The lowest BCUT2D eigenvalue weighted by atomic mass is 10.0. The van der Waals surface area contributed by atoms with Crippen LogP contribution in [-0.2, 0) is 11.2 Å². The van der Waals surface area contributed by atoms with E-state index >= 15 is 0 Å². The molecular formula is C22H17ClN2O2. The molecule has 134 valence electrons. The van der Waals surface area contributed by atoms with Crippen molar-refractivity contribution in [2.45, 2.75) is 6.42 Å². The number of nitrogens with zero attached hydrogens (tertiary/aromatic N) is 1. The van der Waals surface area contributed by atoms with Gasteiger partial charge in [-0.1, -0.05) is 54.1 Å². The molecular weight excluding hydrogens is 360 g/mol. The molecule has 0 spiro atoms. The van der Waals surface area contributed by atoms with E-state index in [4.69, 9.17) is 16.3 Å². The van der Waals surface area contributed by atoms with Crippen molar-refractivity contribution in [1.82, 2.24) is 9.97 Å². The second kappa shape index (κ2) is 7.25. The van der Waals surface area contributed by atoms with Crippen LogP contribution in [0.3, 0.4) is 0 Å². The van der Waals surface area contributed by atoms with Gasteiger partial charge in [0.25, 0.3) is 0 Å². The van der Waals surface area contributed by atoms with Crippen molar-refractivity contribution in [3.63, 3.8) is 0 Å². The van der Waals surface area contributed by atoms with Crippen LogP contribution in [0.5, 0.6) is 0 Å². The average Bonchev–Trinajstić information content (AvgIpc) is 3.05. The van der Waals surface area contributed by atoms with Gasteiger partial charge in [0, 0.05) is 28.0 Å². The van der Waals surface area contributed by atoms with Crippen molar-refractivity contribution < 1.29 is 9.53 Å². The number of esters is 1. The Hall–Kier alpha value is -3.11. The number of benzene rings is 2. The predicted octanol–water partition coefficient (Wildman–Crippen LogP) is 5.26. The highest BCUT2D eigenvalue weighted by Crippen LogP contribution is 2.33. The second-order valence-corrected chi connectivity index (χ2v) is 6.65. The molecule has 27 heavy (non-hydrogen) atoms. The summed E-state index contributed by atoms with van der Waals surface area (Å²) in [6, 6.07) is 21.3. The summed E-state index contributed by atoms with van der Waals surface area (Å²) in [5.41, 5.74) is 5.30. The molecule has 2 aromatic heterocycles. The van der Waals surface area contributed by atoms with Crippen LogP contribution in [0.15, 0.2) is 66.7 Å². The number of halogens is 1. The zero-order chi connectivity index (χ0) is 18.8. The summed E-state index contributed by atoms with van der Waals surface area (Å²) in [6.07, 6.45) is 0.580. The molecule has 0 saturated heterocycles. The molecule has 0 fully saturated rings. The Kier molecular flexibility index (Phi) is 4.65. The Balaban J connectivity index is 1.84. The molecule has 0 unspecified atom stereocenters. The van der Waals surface area contributed by atoms with E-state index in [1.54, 1.807) is 6.07 Å². The van der Waals surface area contributed by atoms with E-state index in [9.17, 15) is 4.79 Å². The second-order valence-electron chi connectivity index (χ2n) is 6.22. The van der Waals surface area contributed by atoms with Crippen LogP contribution < -0.4 is 0 Å². The van der Waals surface area contributed by atoms with Gasteiger partial charge in [-0.2, -0.15) is 0 Å². The van der Waals surface area contributed by atoms with Gasteiger partial charge >= 0.3 is 5.97 Å². The van der Waals surface area contributed by atoms with Crippen LogP contribution in [0.4, 0.5) is 0 Å². The molecule has 2 aromatic carbocycles. The maximum absolute atomic E-state index is 11.8. The Morgan fingerprint density at radius 1 is 1.07 bits per heavy atom. The minimum atomic E-state index is -0.439. The molecule has 2 heterocycles. The van der Waals surface area contributed by atoms with Crippen LogP contribution in [0.25, 0.3) is 22.2 Å². The molecule has 4 aromatic rings. The fourth-order valence-corrected chi connectivity index (χ4v) is 3.41. The van der Waals surface area contributed by atoms with Gasteiger partial charge in [0.05, 0.1) is 12.8 Å². The topological polar surface area (TPSA) is 55.0 Å². The van der Waals surface area contributed by atoms with Crippen LogP contribution >= 0.6 is 11.6 Å². The maximum Gasteiger partial charge on any atom is 0.356 e. The van der Waals surface area contributed by atoms with Gasteiger partial charge < -0.3 is 9.72 Å². The number of H-pyrrole nitrogens is 1. The molecule has 4 rings (SSSR count). The lowest BCUT2D eigenvalue weighted by Crippen LogP contribution is -2.06. The largest absolute Gasteiger partial charge is 0.464 e. The number of nitrogens with one attached hydrogen (secondary N) is 1. The van der Waals surface area contributed by atoms with Crippen molar-refractivity contribution in [2.24, 2.45) is 0 Å². The minimum absolute atomic E-state index is 0.305. The highest BCUT2D eigenvalue weighted by atomic mass is 35.5. The van der Waals surface area contributed by atoms with E-state index in [1.807, 2.05) is 48.5 Å². The number of methoxy groups -OCH3 is 1. The molecule has 0 bridgehead atoms. The quantitative estimate of drug-likeness (QED) is 0.494. The maximum atomic E-state index is 11.8. The molecule has 0 aliphatic carbocycles. The first kappa shape index (κ1) is 17.3. The number of hydrogen-bond donors (Lipinski definition) is 1. The number of hydrogen-bond acceptors (Lipinski definition) is 3. The average molecular weight is 377 g/mol. The van der Waals surface area contributed by atoms with E-state index in [0.717, 1.165) is 33.4 Å². The van der Waals surface area contributed by atoms with Crippen molar-refractivity contribution in [3.8, 4) is 11.3 Å². The van der Waals surface area contributed by atoms with Gasteiger partial charge in [0.15, 0.2) is 0 Å². The van der Waals surface area contributed by atoms with Crippen molar-refractivity contribution in [2.75, 3.05) is 7.11 Å². The SMILES string of the molecule is COC(=O)c1cccc(Cc2c(-c3ccccc3)[nH]c3cc(Cl)ccc23)n1. The Bertz CT molecular complexity index is 1120. The van der Waals surface area contributed by atoms with Gasteiger partial charge in [0.1, 0.15) is 5.69 Å². The van der Waals surface area contributed by atoms with E-state index in [-0.39, 0.29) is 0 Å². The number of ether oxygens (including phenoxy) is 1. The van der Waals surface area contributed by atoms with Gasteiger partial charge in [0.2, 0.25) is 0 Å². The fourth-order valence-electron chi connectivity index (χ4n) is 3.24. The highest BCUT2D eigenvalue weighted by molar-refractivity contribution is 6.31. The standard InChI is InChI=1S/C22H17ClN2O2/c1-27-22(26)19-9-5-8-16(24-19)13-18-17-11-10-15(23)12-20(17)25-21(18)14-6-3-2-4-7-14/h2-12,25H,13H2,1H3. The van der Waals surface area contributed by atoms with Crippen molar-refractivity contribution in [3.05, 3.63) is 88.7 Å². The highest BCUT2D eigenvalue weighted by Gasteiger charge is 2.16. The lowest BCUT2D eigenvalue weighted by molar-refractivity contribution is 0.0593. The zero-order valence-electron chi connectivity index (χ0n) is 14.7. The number of rotatable bonds is 4. The number of carbonyl (C=O) groups excluding carboxylic acids is 1. The summed E-state index contributed by atoms with van der Waals surface area (Å²) >= 11 is 6.17. The summed E-state index contributed by atoms with van der Waals surface area (Å²) in [4.78, 5) is 19.8. The third-order valence-corrected chi connectivity index (χ3v) is 4.72. The van der Waals surface area contributed by atoms with Crippen LogP contribution in [0.1, 0.15) is 21.7 Å². The lowest BCUT2D eigenvalue weighted by Gasteiger charge is -2.07. The third-order valence-electron chi connectivity index (χ3n) is 4.49. The van der Waals surface area contributed by atoms with E-state index in [2.05, 4.69) is 22.1 Å². The van der Waals surface area contributed by atoms with Gasteiger partial charge in [-0.25, -0.2) is 9.78 Å². The number of aromatic amines is 1. The summed E-state index contributed by atoms with van der Waals surface area (Å²) in [5.74, 6) is -0.439. The number of fused-ring (bicyclic) bond motifs is 1. The first-order valence-electron chi connectivity index (χ1n) is 8.55. The van der Waals surface area contributed by atoms with Gasteiger partial charge in [-0.15, -0.1) is 0 Å². The van der Waals surface area contributed by atoms with E-state index in [1.165, 1.54) is 7.11 Å². The van der Waals surface area contributed by atoms with Crippen LogP contribution in [0, 0.1) is 0 Å². The van der Waals surface area contributed by atoms with Crippen LogP contribution in [-0.4, -0.2) is 23.0 Å². The Labute approximate surface area is 161 Å². The first-order chi connectivity index (χ1) is 13.2. The van der Waals surface area contributed by atoms with E-state index < -0.39 is 5.97 Å². The molecule has 1 N–H and O–H groups in total. The minimum Gasteiger partial charge on any atom is -0.464 e. The van der Waals surface area contributed by atoms with Crippen molar-refractivity contribution in [1.29, 1.82) is 0 Å². The van der Waals surface area contributed by atoms with Gasteiger partial charge in [-0.05, 0) is 35.4 Å². The van der Waals surface area contributed by atoms with E-state index in [0.29, 0.717) is 17.1 Å². The number of aromatic nitrogens is 2. The molecule has 0 aliphatic rings. The molecule has 0 radical (unpaired) electrons. The third kappa shape index (κ3) is 3.44. The monoisotopic (exact) mass is 376 g/mol. The number of carbonyl (C=O) groups is 1.